The molecule has 0 atom stereocenters. The van der Waals surface area contributed by atoms with Crippen molar-refractivity contribution in [2.45, 2.75) is 39.7 Å². The van der Waals surface area contributed by atoms with Gasteiger partial charge in [-0.1, -0.05) is 32.4 Å². The molecule has 0 aliphatic heterocycles. The number of hydrogen-bond donors (Lipinski definition) is 1. The standard InChI is InChI=1S/C17H24FN3/c1-4-6-17-15(12-21(3)20-17)13-7-8-14(16(18)10-13)11-19-9-5-2/h7-8,10,12,19H,4-6,9,11H2,1-3H3. The van der Waals surface area contributed by atoms with Crippen LogP contribution in [0.4, 0.5) is 4.39 Å². The van der Waals surface area contributed by atoms with Gasteiger partial charge in [0.15, 0.2) is 0 Å². The Morgan fingerprint density at radius 3 is 2.71 bits per heavy atom. The van der Waals surface area contributed by atoms with Crippen LogP contribution in [0, 0.1) is 5.82 Å². The van der Waals surface area contributed by atoms with Gasteiger partial charge < -0.3 is 5.32 Å². The van der Waals surface area contributed by atoms with Gasteiger partial charge in [-0.05, 0) is 31.0 Å². The summed E-state index contributed by atoms with van der Waals surface area (Å²) in [5, 5.41) is 7.70. The fraction of sp³-hybridized carbons (Fsp3) is 0.471. The SMILES string of the molecule is CCCNCc1ccc(-c2cn(C)nc2CCC)cc1F. The van der Waals surface area contributed by atoms with Gasteiger partial charge in [0.1, 0.15) is 5.82 Å². The van der Waals surface area contributed by atoms with Gasteiger partial charge in [0.2, 0.25) is 0 Å². The molecule has 0 radical (unpaired) electrons. The molecular formula is C17H24FN3. The van der Waals surface area contributed by atoms with Gasteiger partial charge in [-0.15, -0.1) is 0 Å². The molecule has 0 unspecified atom stereocenters. The van der Waals surface area contributed by atoms with Crippen LogP contribution in [-0.4, -0.2) is 16.3 Å². The molecule has 1 N–H and O–H groups in total. The second-order valence-corrected chi connectivity index (χ2v) is 5.40. The molecule has 4 heteroatoms. The fourth-order valence-electron chi connectivity index (χ4n) is 2.46. The molecule has 21 heavy (non-hydrogen) atoms. The summed E-state index contributed by atoms with van der Waals surface area (Å²) in [6.45, 7) is 5.71. The third-order valence-corrected chi connectivity index (χ3v) is 3.50. The molecule has 0 fully saturated rings. The first-order valence-corrected chi connectivity index (χ1v) is 7.67. The fourth-order valence-corrected chi connectivity index (χ4v) is 2.46. The monoisotopic (exact) mass is 289 g/mol. The van der Waals surface area contributed by atoms with Gasteiger partial charge in [-0.2, -0.15) is 5.10 Å². The smallest absolute Gasteiger partial charge is 0.128 e. The zero-order valence-electron chi connectivity index (χ0n) is 13.1. The third kappa shape index (κ3) is 3.91. The van der Waals surface area contributed by atoms with Gasteiger partial charge in [0.25, 0.3) is 0 Å². The molecule has 0 amide bonds. The molecule has 1 heterocycles. The van der Waals surface area contributed by atoms with E-state index in [0.717, 1.165) is 42.6 Å². The summed E-state index contributed by atoms with van der Waals surface area (Å²) in [5.41, 5.74) is 3.69. The molecular weight excluding hydrogens is 265 g/mol. The molecule has 3 nitrogen and oxygen atoms in total. The zero-order valence-corrected chi connectivity index (χ0v) is 13.1. The zero-order chi connectivity index (χ0) is 15.2. The molecule has 0 bridgehead atoms. The van der Waals surface area contributed by atoms with Crippen LogP contribution in [0.3, 0.4) is 0 Å². The highest BCUT2D eigenvalue weighted by Gasteiger charge is 2.11. The van der Waals surface area contributed by atoms with Crippen molar-refractivity contribution in [1.29, 1.82) is 0 Å². The van der Waals surface area contributed by atoms with Crippen molar-refractivity contribution < 1.29 is 4.39 Å². The molecule has 2 aromatic rings. The van der Waals surface area contributed by atoms with Crippen molar-refractivity contribution in [1.82, 2.24) is 15.1 Å². The number of halogens is 1. The molecule has 114 valence electrons. The highest BCUT2D eigenvalue weighted by atomic mass is 19.1. The molecule has 2 rings (SSSR count). The van der Waals surface area contributed by atoms with Crippen LogP contribution in [0.5, 0.6) is 0 Å². The first-order chi connectivity index (χ1) is 10.2. The molecule has 0 saturated carbocycles. The Morgan fingerprint density at radius 2 is 2.05 bits per heavy atom. The van der Waals surface area contributed by atoms with E-state index in [-0.39, 0.29) is 5.82 Å². The Kier molecular flexibility index (Phi) is 5.51. The van der Waals surface area contributed by atoms with Crippen molar-refractivity contribution in [2.75, 3.05) is 6.54 Å². The molecule has 0 aliphatic carbocycles. The number of rotatable bonds is 7. The molecule has 1 aromatic heterocycles. The maximum atomic E-state index is 14.2. The van der Waals surface area contributed by atoms with Crippen LogP contribution in [-0.2, 0) is 20.0 Å². The first-order valence-electron chi connectivity index (χ1n) is 7.67. The highest BCUT2D eigenvalue weighted by molar-refractivity contribution is 5.65. The Balaban J connectivity index is 2.23. The second-order valence-electron chi connectivity index (χ2n) is 5.40. The molecule has 1 aromatic carbocycles. The summed E-state index contributed by atoms with van der Waals surface area (Å²) in [5.74, 6) is -0.151. The summed E-state index contributed by atoms with van der Waals surface area (Å²) < 4.78 is 16.0. The predicted octanol–water partition coefficient (Wildman–Crippen LogP) is 3.68. The van der Waals surface area contributed by atoms with Gasteiger partial charge in [0, 0.05) is 30.9 Å². The minimum Gasteiger partial charge on any atom is -0.313 e. The van der Waals surface area contributed by atoms with E-state index in [1.165, 1.54) is 0 Å². The Hall–Kier alpha value is -1.68. The predicted molar refractivity (Wildman–Crippen MR) is 84.6 cm³/mol. The van der Waals surface area contributed by atoms with Crippen LogP contribution < -0.4 is 5.32 Å². The van der Waals surface area contributed by atoms with Crippen molar-refractivity contribution in [3.8, 4) is 11.1 Å². The number of nitrogens with zero attached hydrogens (tertiary/aromatic N) is 2. The maximum Gasteiger partial charge on any atom is 0.128 e. The second kappa shape index (κ2) is 7.36. The van der Waals surface area contributed by atoms with Crippen molar-refractivity contribution >= 4 is 0 Å². The summed E-state index contributed by atoms with van der Waals surface area (Å²) in [6, 6.07) is 5.48. The number of hydrogen-bond acceptors (Lipinski definition) is 2. The van der Waals surface area contributed by atoms with Crippen LogP contribution in [0.2, 0.25) is 0 Å². The average molecular weight is 289 g/mol. The summed E-state index contributed by atoms with van der Waals surface area (Å²) in [7, 11) is 1.90. The van der Waals surface area contributed by atoms with E-state index < -0.39 is 0 Å². The molecule has 0 aliphatic rings. The van der Waals surface area contributed by atoms with Crippen LogP contribution in [0.25, 0.3) is 11.1 Å². The lowest BCUT2D eigenvalue weighted by Crippen LogP contribution is -2.14. The average Bonchev–Trinajstić information content (AvgIpc) is 2.82. The van der Waals surface area contributed by atoms with Crippen molar-refractivity contribution in [3.05, 3.63) is 41.5 Å². The van der Waals surface area contributed by atoms with E-state index in [0.29, 0.717) is 12.1 Å². The lowest BCUT2D eigenvalue weighted by molar-refractivity contribution is 0.587. The Morgan fingerprint density at radius 1 is 1.24 bits per heavy atom. The minimum atomic E-state index is -0.151. The van der Waals surface area contributed by atoms with Crippen LogP contribution in [0.1, 0.15) is 37.9 Å². The maximum absolute atomic E-state index is 14.2. The summed E-state index contributed by atoms with van der Waals surface area (Å²) >= 11 is 0. The van der Waals surface area contributed by atoms with Crippen LogP contribution >= 0.6 is 0 Å². The number of benzene rings is 1. The van der Waals surface area contributed by atoms with Gasteiger partial charge >= 0.3 is 0 Å². The topological polar surface area (TPSA) is 29.9 Å². The quantitative estimate of drug-likeness (QED) is 0.788. The highest BCUT2D eigenvalue weighted by Crippen LogP contribution is 2.25. The first kappa shape index (κ1) is 15.7. The lowest BCUT2D eigenvalue weighted by atomic mass is 10.0. The Bertz CT molecular complexity index is 590. The van der Waals surface area contributed by atoms with Gasteiger partial charge in [0.05, 0.1) is 5.69 Å². The number of aromatic nitrogens is 2. The third-order valence-electron chi connectivity index (χ3n) is 3.50. The summed E-state index contributed by atoms with van der Waals surface area (Å²) in [4.78, 5) is 0. The van der Waals surface area contributed by atoms with Crippen LogP contribution in [0.15, 0.2) is 24.4 Å². The van der Waals surface area contributed by atoms with Crippen molar-refractivity contribution in [3.63, 3.8) is 0 Å². The van der Waals surface area contributed by atoms with E-state index in [9.17, 15) is 4.39 Å². The van der Waals surface area contributed by atoms with E-state index in [1.54, 1.807) is 10.7 Å². The summed E-state index contributed by atoms with van der Waals surface area (Å²) in [6.07, 6.45) is 4.97. The van der Waals surface area contributed by atoms with Gasteiger partial charge in [-0.3, -0.25) is 4.68 Å². The van der Waals surface area contributed by atoms with E-state index in [2.05, 4.69) is 24.3 Å². The lowest BCUT2D eigenvalue weighted by Gasteiger charge is -2.07. The van der Waals surface area contributed by atoms with Crippen molar-refractivity contribution in [2.24, 2.45) is 7.05 Å². The van der Waals surface area contributed by atoms with E-state index >= 15 is 0 Å². The Labute approximate surface area is 126 Å². The number of aryl methyl sites for hydroxylation is 2. The normalized spacial score (nSPS) is 11.0. The minimum absolute atomic E-state index is 0.151. The molecule has 0 spiro atoms. The van der Waals surface area contributed by atoms with E-state index in [4.69, 9.17) is 0 Å². The largest absolute Gasteiger partial charge is 0.313 e. The molecule has 0 saturated heterocycles. The number of nitrogens with one attached hydrogen (secondary N) is 1. The van der Waals surface area contributed by atoms with E-state index in [1.807, 2.05) is 25.4 Å². The van der Waals surface area contributed by atoms with Gasteiger partial charge in [-0.25, -0.2) is 4.39 Å².